The minimum atomic E-state index is -0.427. The van der Waals surface area contributed by atoms with Crippen LogP contribution in [-0.4, -0.2) is 23.2 Å². The van der Waals surface area contributed by atoms with Gasteiger partial charge in [-0.05, 0) is 32.8 Å². The molecule has 4 nitrogen and oxygen atoms in total. The molecule has 0 aliphatic heterocycles. The zero-order valence-corrected chi connectivity index (χ0v) is 10.3. The number of furan rings is 1. The molecular formula is C13H19NO3. The first-order chi connectivity index (χ1) is 8.08. The van der Waals surface area contributed by atoms with E-state index in [-0.39, 0.29) is 11.9 Å². The Balaban J connectivity index is 2.03. The van der Waals surface area contributed by atoms with Crippen LogP contribution in [0.4, 0.5) is 0 Å². The van der Waals surface area contributed by atoms with E-state index >= 15 is 0 Å². The molecule has 0 aromatic carbocycles. The predicted octanol–water partition coefficient (Wildman–Crippen LogP) is 1.93. The van der Waals surface area contributed by atoms with Crippen LogP contribution in [0.3, 0.4) is 0 Å². The first kappa shape index (κ1) is 12.2. The van der Waals surface area contributed by atoms with Crippen LogP contribution in [0.2, 0.25) is 0 Å². The number of carbonyl (C=O) groups is 1. The van der Waals surface area contributed by atoms with Gasteiger partial charge in [0.2, 0.25) is 0 Å². The molecule has 1 aliphatic rings. The summed E-state index contributed by atoms with van der Waals surface area (Å²) in [7, 11) is 0. The average molecular weight is 237 g/mol. The molecule has 1 amide bonds. The smallest absolute Gasteiger partial charge is 0.287 e. The number of aryl methyl sites for hydroxylation is 2. The van der Waals surface area contributed by atoms with Crippen LogP contribution in [0, 0.1) is 13.8 Å². The normalized spacial score (nSPS) is 24.6. The van der Waals surface area contributed by atoms with Crippen LogP contribution in [-0.2, 0) is 0 Å². The quantitative estimate of drug-likeness (QED) is 0.826. The fraction of sp³-hybridized carbons (Fsp3) is 0.615. The fourth-order valence-electron chi connectivity index (χ4n) is 2.38. The average Bonchev–Trinajstić information content (AvgIpc) is 2.61. The fourth-order valence-corrected chi connectivity index (χ4v) is 2.38. The third-order valence-electron chi connectivity index (χ3n) is 3.29. The van der Waals surface area contributed by atoms with E-state index in [1.807, 2.05) is 19.9 Å². The Kier molecular flexibility index (Phi) is 3.52. The van der Waals surface area contributed by atoms with Crippen molar-refractivity contribution < 1.29 is 14.3 Å². The van der Waals surface area contributed by atoms with E-state index in [0.29, 0.717) is 5.76 Å². The molecule has 2 N–H and O–H groups in total. The van der Waals surface area contributed by atoms with Crippen LogP contribution in [0.1, 0.15) is 47.6 Å². The maximum absolute atomic E-state index is 12.0. The van der Waals surface area contributed by atoms with Gasteiger partial charge in [-0.2, -0.15) is 0 Å². The van der Waals surface area contributed by atoms with Crippen molar-refractivity contribution in [1.82, 2.24) is 5.32 Å². The van der Waals surface area contributed by atoms with E-state index in [1.54, 1.807) is 0 Å². The van der Waals surface area contributed by atoms with Crippen molar-refractivity contribution in [3.8, 4) is 0 Å². The van der Waals surface area contributed by atoms with Gasteiger partial charge in [-0.25, -0.2) is 0 Å². The van der Waals surface area contributed by atoms with Crippen LogP contribution >= 0.6 is 0 Å². The zero-order chi connectivity index (χ0) is 12.4. The van der Waals surface area contributed by atoms with Gasteiger partial charge in [-0.15, -0.1) is 0 Å². The highest BCUT2D eigenvalue weighted by Gasteiger charge is 2.26. The predicted molar refractivity (Wildman–Crippen MR) is 63.9 cm³/mol. The van der Waals surface area contributed by atoms with Gasteiger partial charge in [-0.3, -0.25) is 4.79 Å². The highest BCUT2D eigenvalue weighted by Crippen LogP contribution is 2.20. The minimum Gasteiger partial charge on any atom is -0.456 e. The second kappa shape index (κ2) is 4.92. The SMILES string of the molecule is Cc1cc(C)c(C(=O)NC2CCCCC2O)o1. The molecule has 0 spiro atoms. The third kappa shape index (κ3) is 2.69. The van der Waals surface area contributed by atoms with E-state index in [1.165, 1.54) is 0 Å². The van der Waals surface area contributed by atoms with Crippen LogP contribution in [0.15, 0.2) is 10.5 Å². The van der Waals surface area contributed by atoms with E-state index in [9.17, 15) is 9.90 Å². The highest BCUT2D eigenvalue weighted by atomic mass is 16.3. The molecule has 2 unspecified atom stereocenters. The summed E-state index contributed by atoms with van der Waals surface area (Å²) in [6, 6.07) is 1.70. The summed E-state index contributed by atoms with van der Waals surface area (Å²) < 4.78 is 5.36. The molecule has 2 atom stereocenters. The monoisotopic (exact) mass is 237 g/mol. The molecule has 1 heterocycles. The first-order valence-electron chi connectivity index (χ1n) is 6.14. The lowest BCUT2D eigenvalue weighted by molar-refractivity contribution is 0.0696. The van der Waals surface area contributed by atoms with Crippen molar-refractivity contribution in [1.29, 1.82) is 0 Å². The standard InChI is InChI=1S/C13H19NO3/c1-8-7-9(2)17-12(8)13(16)14-10-5-3-4-6-11(10)15/h7,10-11,15H,3-6H2,1-2H3,(H,14,16). The Labute approximate surface area is 101 Å². The summed E-state index contributed by atoms with van der Waals surface area (Å²) in [4.78, 5) is 12.0. The number of carbonyl (C=O) groups excluding carboxylic acids is 1. The Morgan fingerprint density at radius 1 is 1.41 bits per heavy atom. The van der Waals surface area contributed by atoms with Crippen molar-refractivity contribution in [2.75, 3.05) is 0 Å². The minimum absolute atomic E-state index is 0.138. The molecule has 4 heteroatoms. The lowest BCUT2D eigenvalue weighted by Crippen LogP contribution is -2.45. The van der Waals surface area contributed by atoms with Gasteiger partial charge in [-0.1, -0.05) is 12.8 Å². The number of aliphatic hydroxyl groups is 1. The maximum Gasteiger partial charge on any atom is 0.287 e. The van der Waals surface area contributed by atoms with Gasteiger partial charge in [0.15, 0.2) is 5.76 Å². The lowest BCUT2D eigenvalue weighted by atomic mass is 9.92. The summed E-state index contributed by atoms with van der Waals surface area (Å²) in [5, 5.41) is 12.7. The number of aliphatic hydroxyl groups excluding tert-OH is 1. The second-order valence-corrected chi connectivity index (χ2v) is 4.80. The van der Waals surface area contributed by atoms with E-state index < -0.39 is 6.10 Å². The summed E-state index contributed by atoms with van der Waals surface area (Å²) in [6.07, 6.45) is 3.27. The van der Waals surface area contributed by atoms with Crippen molar-refractivity contribution in [2.45, 2.75) is 51.7 Å². The molecule has 1 aromatic heterocycles. The molecule has 1 aliphatic carbocycles. The molecule has 0 bridgehead atoms. The van der Waals surface area contributed by atoms with Crippen molar-refractivity contribution in [3.05, 3.63) is 23.2 Å². The van der Waals surface area contributed by atoms with E-state index in [4.69, 9.17) is 4.42 Å². The third-order valence-corrected chi connectivity index (χ3v) is 3.29. The summed E-state index contributed by atoms with van der Waals surface area (Å²) in [5.74, 6) is 0.874. The van der Waals surface area contributed by atoms with Gasteiger partial charge < -0.3 is 14.8 Å². The molecule has 1 saturated carbocycles. The first-order valence-corrected chi connectivity index (χ1v) is 6.14. The van der Waals surface area contributed by atoms with Crippen LogP contribution in [0.25, 0.3) is 0 Å². The Hall–Kier alpha value is -1.29. The van der Waals surface area contributed by atoms with Gasteiger partial charge in [0, 0.05) is 5.56 Å². The van der Waals surface area contributed by atoms with Gasteiger partial charge >= 0.3 is 0 Å². The van der Waals surface area contributed by atoms with Gasteiger partial charge in [0.25, 0.3) is 5.91 Å². The molecule has 17 heavy (non-hydrogen) atoms. The Bertz CT molecular complexity index is 411. The summed E-state index contributed by atoms with van der Waals surface area (Å²) >= 11 is 0. The summed E-state index contributed by atoms with van der Waals surface area (Å²) in [6.45, 7) is 3.67. The van der Waals surface area contributed by atoms with Crippen LogP contribution in [0.5, 0.6) is 0 Å². The highest BCUT2D eigenvalue weighted by molar-refractivity contribution is 5.93. The van der Waals surface area contributed by atoms with E-state index in [0.717, 1.165) is 37.0 Å². The molecule has 94 valence electrons. The molecule has 1 aromatic rings. The van der Waals surface area contributed by atoms with Crippen molar-refractivity contribution in [2.24, 2.45) is 0 Å². The topological polar surface area (TPSA) is 62.5 Å². The zero-order valence-electron chi connectivity index (χ0n) is 10.3. The number of hydrogen-bond acceptors (Lipinski definition) is 3. The second-order valence-electron chi connectivity index (χ2n) is 4.80. The van der Waals surface area contributed by atoms with Gasteiger partial charge in [0.05, 0.1) is 12.1 Å². The number of rotatable bonds is 2. The number of hydrogen-bond donors (Lipinski definition) is 2. The largest absolute Gasteiger partial charge is 0.456 e. The molecule has 2 rings (SSSR count). The molecular weight excluding hydrogens is 218 g/mol. The van der Waals surface area contributed by atoms with Crippen LogP contribution < -0.4 is 5.32 Å². The summed E-state index contributed by atoms with van der Waals surface area (Å²) in [5.41, 5.74) is 0.838. The molecule has 0 saturated heterocycles. The molecule has 0 radical (unpaired) electrons. The van der Waals surface area contributed by atoms with Gasteiger partial charge in [0.1, 0.15) is 5.76 Å². The lowest BCUT2D eigenvalue weighted by Gasteiger charge is -2.28. The van der Waals surface area contributed by atoms with E-state index in [2.05, 4.69) is 5.32 Å². The Morgan fingerprint density at radius 2 is 2.12 bits per heavy atom. The Morgan fingerprint density at radius 3 is 2.71 bits per heavy atom. The number of nitrogens with one attached hydrogen (secondary N) is 1. The van der Waals surface area contributed by atoms with Crippen molar-refractivity contribution in [3.63, 3.8) is 0 Å². The maximum atomic E-state index is 12.0. The number of amides is 1. The molecule has 1 fully saturated rings. The van der Waals surface area contributed by atoms with Crippen molar-refractivity contribution >= 4 is 5.91 Å².